The van der Waals surface area contributed by atoms with Gasteiger partial charge in [0.1, 0.15) is 17.0 Å². The number of rotatable bonds is 5. The van der Waals surface area contributed by atoms with Gasteiger partial charge in [0.2, 0.25) is 5.91 Å². The summed E-state index contributed by atoms with van der Waals surface area (Å²) in [5.74, 6) is -1.27. The van der Waals surface area contributed by atoms with E-state index in [2.05, 4.69) is 6.58 Å². The van der Waals surface area contributed by atoms with E-state index in [0.717, 1.165) is 0 Å². The Morgan fingerprint density at radius 2 is 2.19 bits per heavy atom. The van der Waals surface area contributed by atoms with E-state index < -0.39 is 11.9 Å². The number of hydrogen-bond acceptors (Lipinski definition) is 5. The van der Waals surface area contributed by atoms with Crippen LogP contribution in [-0.2, 0) is 14.3 Å². The van der Waals surface area contributed by atoms with Crippen molar-refractivity contribution >= 4 is 28.7 Å². The maximum Gasteiger partial charge on any atom is 0.358 e. The molecular weight excluding hydrogens is 292 g/mol. The van der Waals surface area contributed by atoms with Gasteiger partial charge in [0.05, 0.1) is 12.5 Å². The van der Waals surface area contributed by atoms with Crippen molar-refractivity contribution in [1.82, 2.24) is 9.47 Å². The van der Waals surface area contributed by atoms with Gasteiger partial charge in [-0.1, -0.05) is 24.4 Å². The summed E-state index contributed by atoms with van der Waals surface area (Å²) in [5, 5.41) is 9.67. The molecule has 3 heterocycles. The molecule has 0 radical (unpaired) electrons. The third kappa shape index (κ3) is 2.09. The van der Waals surface area contributed by atoms with Gasteiger partial charge >= 0.3 is 5.97 Å². The molecule has 0 aliphatic carbocycles. The number of thioether (sulfide) groups is 1. The van der Waals surface area contributed by atoms with Crippen LogP contribution in [0.15, 0.2) is 42.9 Å². The second-order valence-corrected chi connectivity index (χ2v) is 5.74. The smallest absolute Gasteiger partial charge is 0.358 e. The predicted molar refractivity (Wildman–Crippen MR) is 77.6 cm³/mol. The lowest BCUT2D eigenvalue weighted by atomic mass is 9.98. The summed E-state index contributed by atoms with van der Waals surface area (Å²) in [7, 11) is 0. The lowest BCUT2D eigenvalue weighted by Gasteiger charge is -2.41. The minimum atomic E-state index is -0.557. The first-order valence-electron chi connectivity index (χ1n) is 6.45. The number of fused-ring (bicyclic) bond motifs is 1. The molecule has 6 nitrogen and oxygen atoms in total. The van der Waals surface area contributed by atoms with E-state index in [9.17, 15) is 14.7 Å². The summed E-state index contributed by atoms with van der Waals surface area (Å²) in [6.45, 7) is 3.36. The van der Waals surface area contributed by atoms with E-state index in [1.807, 2.05) is 12.1 Å². The number of esters is 1. The van der Waals surface area contributed by atoms with E-state index in [1.165, 1.54) is 22.7 Å². The van der Waals surface area contributed by atoms with Crippen molar-refractivity contribution in [1.29, 1.82) is 0 Å². The Labute approximate surface area is 125 Å². The SMILES string of the molecule is C=CCOC(=O)C1=C(n2cccc2)S[C@@H]2[C@@H](CO)C(=O)N12. The molecule has 1 aromatic heterocycles. The van der Waals surface area contributed by atoms with Gasteiger partial charge in [-0.15, -0.1) is 0 Å². The highest BCUT2D eigenvalue weighted by Gasteiger charge is 2.56. The number of hydrogen-bond donors (Lipinski definition) is 1. The van der Waals surface area contributed by atoms with Gasteiger partial charge in [0.15, 0.2) is 5.70 Å². The number of ether oxygens (including phenoxy) is 1. The van der Waals surface area contributed by atoms with Gasteiger partial charge in [-0.3, -0.25) is 9.69 Å². The van der Waals surface area contributed by atoms with Crippen molar-refractivity contribution in [2.24, 2.45) is 5.92 Å². The quantitative estimate of drug-likeness (QED) is 0.496. The van der Waals surface area contributed by atoms with Gasteiger partial charge in [-0.25, -0.2) is 4.79 Å². The minimum Gasteiger partial charge on any atom is -0.457 e. The molecular formula is C14H14N2O4S. The fourth-order valence-corrected chi connectivity index (χ4v) is 3.83. The molecule has 0 saturated carbocycles. The first kappa shape index (κ1) is 14.0. The molecule has 110 valence electrons. The molecule has 1 fully saturated rings. The predicted octanol–water partition coefficient (Wildman–Crippen LogP) is 0.867. The second kappa shape index (κ2) is 5.42. The standard InChI is InChI=1S/C14H14N2O4S/c1-2-7-20-14(19)10-13(15-5-3-4-6-15)21-12-9(8-17)11(18)16(10)12/h2-6,9,12,17H,1,7-8H2/t9-,12+/m0/s1. The van der Waals surface area contributed by atoms with Crippen LogP contribution in [0.25, 0.3) is 5.03 Å². The van der Waals surface area contributed by atoms with Gasteiger partial charge < -0.3 is 14.4 Å². The second-order valence-electron chi connectivity index (χ2n) is 4.64. The third-order valence-electron chi connectivity index (χ3n) is 3.39. The molecule has 2 aliphatic heterocycles. The van der Waals surface area contributed by atoms with Crippen LogP contribution in [0.3, 0.4) is 0 Å². The van der Waals surface area contributed by atoms with Gasteiger partial charge in [-0.05, 0) is 12.1 Å². The molecule has 1 amide bonds. The summed E-state index contributed by atoms with van der Waals surface area (Å²) in [6.07, 6.45) is 5.07. The molecule has 0 spiro atoms. The van der Waals surface area contributed by atoms with Crippen molar-refractivity contribution in [3.05, 3.63) is 42.9 Å². The molecule has 1 aromatic rings. The molecule has 0 unspecified atom stereocenters. The van der Waals surface area contributed by atoms with E-state index in [-0.39, 0.29) is 30.2 Å². The van der Waals surface area contributed by atoms with Crippen molar-refractivity contribution in [2.75, 3.05) is 13.2 Å². The Kier molecular flexibility index (Phi) is 3.60. The Morgan fingerprint density at radius 3 is 2.81 bits per heavy atom. The Morgan fingerprint density at radius 1 is 1.48 bits per heavy atom. The summed E-state index contributed by atoms with van der Waals surface area (Å²) in [4.78, 5) is 25.7. The monoisotopic (exact) mass is 306 g/mol. The number of β-lactam (4-membered cyclic amide) rings is 1. The van der Waals surface area contributed by atoms with Crippen LogP contribution in [0.1, 0.15) is 0 Å². The third-order valence-corrected chi connectivity index (χ3v) is 4.80. The van der Waals surface area contributed by atoms with Crippen molar-refractivity contribution < 1.29 is 19.4 Å². The molecule has 2 aliphatic rings. The van der Waals surface area contributed by atoms with Crippen molar-refractivity contribution in [2.45, 2.75) is 5.37 Å². The number of nitrogens with zero attached hydrogens (tertiary/aromatic N) is 2. The van der Waals surface area contributed by atoms with E-state index >= 15 is 0 Å². The topological polar surface area (TPSA) is 71.8 Å². The fourth-order valence-electron chi connectivity index (χ4n) is 2.38. The van der Waals surface area contributed by atoms with E-state index in [0.29, 0.717) is 5.03 Å². The Balaban J connectivity index is 1.96. The highest BCUT2D eigenvalue weighted by molar-refractivity contribution is 8.08. The molecule has 21 heavy (non-hydrogen) atoms. The number of aliphatic hydroxyl groups is 1. The average molecular weight is 306 g/mol. The van der Waals surface area contributed by atoms with Crippen LogP contribution < -0.4 is 0 Å². The van der Waals surface area contributed by atoms with Gasteiger partial charge in [0, 0.05) is 12.4 Å². The molecule has 3 rings (SSSR count). The minimum absolute atomic E-state index is 0.0854. The van der Waals surface area contributed by atoms with Gasteiger partial charge in [0.25, 0.3) is 0 Å². The largest absolute Gasteiger partial charge is 0.457 e. The van der Waals surface area contributed by atoms with Gasteiger partial charge in [-0.2, -0.15) is 0 Å². The van der Waals surface area contributed by atoms with Crippen molar-refractivity contribution in [3.8, 4) is 0 Å². The van der Waals surface area contributed by atoms with E-state index in [4.69, 9.17) is 4.74 Å². The Hall–Kier alpha value is -1.99. The van der Waals surface area contributed by atoms with E-state index in [1.54, 1.807) is 17.0 Å². The maximum absolute atomic E-state index is 12.2. The number of carbonyl (C=O) groups is 2. The van der Waals surface area contributed by atoms with Crippen LogP contribution in [-0.4, -0.2) is 45.0 Å². The van der Waals surface area contributed by atoms with Crippen molar-refractivity contribution in [3.63, 3.8) is 0 Å². The molecule has 2 atom stereocenters. The fraction of sp³-hybridized carbons (Fsp3) is 0.286. The zero-order valence-electron chi connectivity index (χ0n) is 11.1. The lowest BCUT2D eigenvalue weighted by molar-refractivity contribution is -0.154. The summed E-state index contributed by atoms with van der Waals surface area (Å²) in [5.41, 5.74) is 0.234. The first-order chi connectivity index (χ1) is 10.2. The number of aromatic nitrogens is 1. The average Bonchev–Trinajstić information content (AvgIpc) is 3.10. The molecule has 0 aromatic carbocycles. The van der Waals surface area contributed by atoms with Crippen LogP contribution >= 0.6 is 11.8 Å². The maximum atomic E-state index is 12.2. The normalized spacial score (nSPS) is 23.9. The summed E-state index contributed by atoms with van der Waals surface area (Å²) < 4.78 is 6.85. The number of carbonyl (C=O) groups excluding carboxylic acids is 2. The van der Waals surface area contributed by atoms with Crippen LogP contribution in [0.5, 0.6) is 0 Å². The number of amides is 1. The lowest BCUT2D eigenvalue weighted by Crippen LogP contribution is -2.58. The zero-order valence-corrected chi connectivity index (χ0v) is 12.0. The van der Waals surface area contributed by atoms with Crippen LogP contribution in [0.2, 0.25) is 0 Å². The first-order valence-corrected chi connectivity index (χ1v) is 7.33. The summed E-state index contributed by atoms with van der Waals surface area (Å²) in [6, 6.07) is 3.67. The Bertz CT molecular complexity index is 623. The van der Waals surface area contributed by atoms with Crippen LogP contribution in [0.4, 0.5) is 0 Å². The molecule has 1 N–H and O–H groups in total. The molecule has 7 heteroatoms. The molecule has 1 saturated heterocycles. The highest BCUT2D eigenvalue weighted by Crippen LogP contribution is 2.51. The summed E-state index contributed by atoms with van der Waals surface area (Å²) >= 11 is 1.39. The number of aliphatic hydroxyl groups excluding tert-OH is 1. The zero-order chi connectivity index (χ0) is 15.0. The van der Waals surface area contributed by atoms with Crippen LogP contribution in [0, 0.1) is 5.92 Å². The molecule has 0 bridgehead atoms. The highest BCUT2D eigenvalue weighted by atomic mass is 32.2.